The highest BCUT2D eigenvalue weighted by atomic mass is 31.1. The molecule has 0 amide bonds. The van der Waals surface area contributed by atoms with Crippen LogP contribution in [0.5, 0.6) is 0 Å². The van der Waals surface area contributed by atoms with Gasteiger partial charge in [0.2, 0.25) is 0 Å². The molecule has 4 unspecified atom stereocenters. The maximum Gasteiger partial charge on any atom is 0.335 e. The van der Waals surface area contributed by atoms with Crippen molar-refractivity contribution in [2.45, 2.75) is 24.5 Å². The minimum atomic E-state index is -3.43. The summed E-state index contributed by atoms with van der Waals surface area (Å²) in [6, 6.07) is 13.2. The predicted octanol–water partition coefficient (Wildman–Crippen LogP) is 2.94. The zero-order chi connectivity index (χ0) is 22.3. The Morgan fingerprint density at radius 2 is 1.53 bits per heavy atom. The molecule has 2 aromatic carbocycles. The van der Waals surface area contributed by atoms with Gasteiger partial charge in [0.25, 0.3) is 0 Å². The molecule has 0 saturated heterocycles. The van der Waals surface area contributed by atoms with Crippen molar-refractivity contribution in [3.63, 3.8) is 0 Å². The van der Waals surface area contributed by atoms with E-state index in [1.807, 2.05) is 0 Å². The van der Waals surface area contributed by atoms with Crippen LogP contribution in [0.25, 0.3) is 0 Å². The normalized spacial score (nSPS) is 14.8. The number of rotatable bonds is 11. The average molecular weight is 435 g/mol. The molecule has 0 radical (unpaired) electrons. The van der Waals surface area contributed by atoms with Gasteiger partial charge in [0.05, 0.1) is 23.2 Å². The lowest BCUT2D eigenvalue weighted by Crippen LogP contribution is -2.35. The van der Waals surface area contributed by atoms with E-state index >= 15 is 0 Å². The SMILES string of the molecule is O=C(O)CCC(C(=O)O)C(C(Nc1ccc(C(=O)O)cc1)c1ccccc1)[PH](=O)O. The zero-order valence-electron chi connectivity index (χ0n) is 15.8. The van der Waals surface area contributed by atoms with E-state index in [9.17, 15) is 28.9 Å². The summed E-state index contributed by atoms with van der Waals surface area (Å²) in [4.78, 5) is 43.9. The van der Waals surface area contributed by atoms with Gasteiger partial charge >= 0.3 is 17.9 Å². The molecule has 0 spiro atoms. The first-order valence-corrected chi connectivity index (χ1v) is 10.5. The fourth-order valence-electron chi connectivity index (χ4n) is 3.21. The molecule has 30 heavy (non-hydrogen) atoms. The van der Waals surface area contributed by atoms with Crippen LogP contribution in [0, 0.1) is 5.92 Å². The van der Waals surface area contributed by atoms with E-state index in [1.54, 1.807) is 30.3 Å². The molecule has 9 nitrogen and oxygen atoms in total. The van der Waals surface area contributed by atoms with Crippen molar-refractivity contribution < 1.29 is 39.2 Å². The lowest BCUT2D eigenvalue weighted by molar-refractivity contribution is -0.143. The van der Waals surface area contributed by atoms with Crippen molar-refractivity contribution in [3.8, 4) is 0 Å². The second-order valence-electron chi connectivity index (χ2n) is 6.66. The van der Waals surface area contributed by atoms with Crippen LogP contribution < -0.4 is 5.32 Å². The zero-order valence-corrected chi connectivity index (χ0v) is 16.8. The van der Waals surface area contributed by atoms with Crippen molar-refractivity contribution in [2.75, 3.05) is 5.32 Å². The van der Waals surface area contributed by atoms with E-state index in [0.29, 0.717) is 11.3 Å². The Labute approximate surface area is 172 Å². The molecule has 0 saturated carbocycles. The van der Waals surface area contributed by atoms with E-state index in [0.717, 1.165) is 0 Å². The largest absolute Gasteiger partial charge is 0.481 e. The van der Waals surface area contributed by atoms with E-state index in [4.69, 9.17) is 10.2 Å². The van der Waals surface area contributed by atoms with Crippen molar-refractivity contribution in [1.29, 1.82) is 0 Å². The van der Waals surface area contributed by atoms with Crippen LogP contribution in [-0.4, -0.2) is 43.8 Å². The summed E-state index contributed by atoms with van der Waals surface area (Å²) in [7, 11) is -3.43. The molecule has 0 aliphatic carbocycles. The van der Waals surface area contributed by atoms with Gasteiger partial charge in [-0.05, 0) is 36.2 Å². The van der Waals surface area contributed by atoms with Gasteiger partial charge in [-0.25, -0.2) is 4.79 Å². The molecule has 2 aromatic rings. The minimum Gasteiger partial charge on any atom is -0.481 e. The quantitative estimate of drug-likeness (QED) is 0.334. The number of carboxylic acids is 3. The maximum atomic E-state index is 12.3. The fraction of sp³-hybridized carbons (Fsp3) is 0.250. The molecule has 10 heteroatoms. The molecular formula is C20H22NO8P. The number of hydrogen-bond donors (Lipinski definition) is 5. The van der Waals surface area contributed by atoms with Crippen LogP contribution in [0.2, 0.25) is 0 Å². The lowest BCUT2D eigenvalue weighted by atomic mass is 9.90. The first kappa shape index (κ1) is 23.1. The molecule has 2 rings (SSSR count). The summed E-state index contributed by atoms with van der Waals surface area (Å²) in [5, 5.41) is 30.6. The minimum absolute atomic E-state index is 0.0500. The van der Waals surface area contributed by atoms with Crippen LogP contribution in [0.15, 0.2) is 54.6 Å². The molecule has 0 fully saturated rings. The van der Waals surface area contributed by atoms with Crippen molar-refractivity contribution >= 4 is 31.6 Å². The Hall–Kier alpha value is -3.16. The number of aromatic carboxylic acids is 1. The van der Waals surface area contributed by atoms with Gasteiger partial charge in [0.1, 0.15) is 0 Å². The third-order valence-corrected chi connectivity index (χ3v) is 5.98. The first-order valence-electron chi connectivity index (χ1n) is 9.03. The number of benzene rings is 2. The monoisotopic (exact) mass is 435 g/mol. The highest BCUT2D eigenvalue weighted by molar-refractivity contribution is 7.39. The van der Waals surface area contributed by atoms with Crippen molar-refractivity contribution in [1.82, 2.24) is 0 Å². The van der Waals surface area contributed by atoms with Crippen LogP contribution in [-0.2, 0) is 14.2 Å². The molecule has 4 atom stereocenters. The number of carboxylic acid groups (broad SMARTS) is 3. The van der Waals surface area contributed by atoms with Gasteiger partial charge < -0.3 is 25.5 Å². The number of nitrogens with one attached hydrogen (secondary N) is 1. The smallest absolute Gasteiger partial charge is 0.335 e. The summed E-state index contributed by atoms with van der Waals surface area (Å²) in [5.74, 6) is -5.06. The van der Waals surface area contributed by atoms with Gasteiger partial charge in [-0.2, -0.15) is 0 Å². The Balaban J connectivity index is 2.46. The molecule has 5 N–H and O–H groups in total. The molecule has 0 aliphatic heterocycles. The average Bonchev–Trinajstić information content (AvgIpc) is 2.70. The third-order valence-electron chi connectivity index (χ3n) is 4.68. The first-order chi connectivity index (χ1) is 14.2. The summed E-state index contributed by atoms with van der Waals surface area (Å²) in [5.41, 5.74) is -0.286. The van der Waals surface area contributed by atoms with Crippen LogP contribution >= 0.6 is 8.03 Å². The Morgan fingerprint density at radius 1 is 0.933 bits per heavy atom. The standard InChI is InChI=1S/C20H22NO8P/c22-16(23)11-10-15(20(26)27)18(30(28)29)17(12-4-2-1-3-5-12)21-14-8-6-13(7-9-14)19(24)25/h1-9,15,17-18,21,30H,10-11H2,(H,22,23)(H,24,25)(H,26,27)(H,28,29). The van der Waals surface area contributed by atoms with Gasteiger partial charge in [0.15, 0.2) is 8.03 Å². The topological polar surface area (TPSA) is 161 Å². The Bertz CT molecular complexity index is 916. The second-order valence-corrected chi connectivity index (χ2v) is 8.00. The van der Waals surface area contributed by atoms with Gasteiger partial charge in [-0.3, -0.25) is 14.2 Å². The maximum absolute atomic E-state index is 12.3. The number of hydrogen-bond acceptors (Lipinski definition) is 5. The highest BCUT2D eigenvalue weighted by Crippen LogP contribution is 2.42. The van der Waals surface area contributed by atoms with Crippen LogP contribution in [0.1, 0.15) is 34.8 Å². The summed E-state index contributed by atoms with van der Waals surface area (Å²) < 4.78 is 12.3. The molecule has 0 aromatic heterocycles. The number of carbonyl (C=O) groups is 3. The molecular weight excluding hydrogens is 413 g/mol. The van der Waals surface area contributed by atoms with Crippen molar-refractivity contribution in [3.05, 3.63) is 65.7 Å². The van der Waals surface area contributed by atoms with Gasteiger partial charge in [-0.15, -0.1) is 0 Å². The predicted molar refractivity (Wildman–Crippen MR) is 109 cm³/mol. The van der Waals surface area contributed by atoms with E-state index < -0.39 is 50.0 Å². The van der Waals surface area contributed by atoms with Crippen LogP contribution in [0.3, 0.4) is 0 Å². The highest BCUT2D eigenvalue weighted by Gasteiger charge is 2.39. The van der Waals surface area contributed by atoms with Gasteiger partial charge in [0, 0.05) is 12.1 Å². The Kier molecular flexibility index (Phi) is 8.15. The number of anilines is 1. The van der Waals surface area contributed by atoms with E-state index in [1.165, 1.54) is 24.3 Å². The summed E-state index contributed by atoms with van der Waals surface area (Å²) >= 11 is 0. The van der Waals surface area contributed by atoms with Crippen LogP contribution in [0.4, 0.5) is 5.69 Å². The molecule has 0 aliphatic rings. The number of aliphatic carboxylic acids is 2. The summed E-state index contributed by atoms with van der Waals surface area (Å²) in [6.45, 7) is 0. The van der Waals surface area contributed by atoms with Crippen molar-refractivity contribution in [2.24, 2.45) is 5.92 Å². The molecule has 0 heterocycles. The fourth-order valence-corrected chi connectivity index (χ4v) is 4.43. The van der Waals surface area contributed by atoms with E-state index in [-0.39, 0.29) is 12.0 Å². The summed E-state index contributed by atoms with van der Waals surface area (Å²) in [6.07, 6.45) is -0.771. The molecule has 0 bridgehead atoms. The third kappa shape index (κ3) is 6.17. The Morgan fingerprint density at radius 3 is 2.00 bits per heavy atom. The molecule has 160 valence electrons. The van der Waals surface area contributed by atoms with Gasteiger partial charge in [-0.1, -0.05) is 30.3 Å². The second kappa shape index (κ2) is 10.6. The van der Waals surface area contributed by atoms with E-state index in [2.05, 4.69) is 5.32 Å². The lowest BCUT2D eigenvalue weighted by Gasteiger charge is -2.31.